The Balaban J connectivity index is 1.93. The van der Waals surface area contributed by atoms with Gasteiger partial charge in [-0.05, 0) is 48.4 Å². The van der Waals surface area contributed by atoms with Gasteiger partial charge in [-0.2, -0.15) is 0 Å². The molecular formula is C20H20O3. The summed E-state index contributed by atoms with van der Waals surface area (Å²) in [6.45, 7) is 3.85. The van der Waals surface area contributed by atoms with E-state index in [1.54, 1.807) is 18.2 Å². The number of hydrogen-bond donors (Lipinski definition) is 2. The first-order valence-electron chi connectivity index (χ1n) is 7.71. The summed E-state index contributed by atoms with van der Waals surface area (Å²) in [6.07, 6.45) is -0.849. The summed E-state index contributed by atoms with van der Waals surface area (Å²) in [5.41, 5.74) is 1.22. The van der Waals surface area contributed by atoms with Crippen LogP contribution in [-0.2, 0) is 0 Å². The first-order chi connectivity index (χ1) is 11.0. The van der Waals surface area contributed by atoms with E-state index in [9.17, 15) is 10.2 Å². The van der Waals surface area contributed by atoms with Crippen molar-refractivity contribution in [3.8, 4) is 11.5 Å². The van der Waals surface area contributed by atoms with E-state index in [0.717, 1.165) is 16.3 Å². The van der Waals surface area contributed by atoms with Crippen LogP contribution in [0, 0.1) is 0 Å². The molecule has 3 rings (SSSR count). The number of phenols is 1. The Bertz CT molecular complexity index is 824. The van der Waals surface area contributed by atoms with Gasteiger partial charge in [-0.3, -0.25) is 0 Å². The van der Waals surface area contributed by atoms with Crippen LogP contribution in [0.15, 0.2) is 60.7 Å². The first kappa shape index (κ1) is 15.4. The summed E-state index contributed by atoms with van der Waals surface area (Å²) in [6, 6.07) is 18.8. The van der Waals surface area contributed by atoms with Gasteiger partial charge in [0.15, 0.2) is 0 Å². The largest absolute Gasteiger partial charge is 0.507 e. The molecule has 3 heteroatoms. The third kappa shape index (κ3) is 3.30. The minimum Gasteiger partial charge on any atom is -0.507 e. The molecule has 1 unspecified atom stereocenters. The lowest BCUT2D eigenvalue weighted by atomic mass is 9.98. The maximum atomic E-state index is 10.6. The standard InChI is InChI=1S/C20H20O3/c1-13(2)23-17-9-10-18(19(21)12-17)20(22)16-8-7-14-5-3-4-6-15(14)11-16/h3-13,20-22H,1-2H3. The van der Waals surface area contributed by atoms with Crippen LogP contribution in [-0.4, -0.2) is 16.3 Å². The molecule has 3 aromatic rings. The molecule has 0 saturated heterocycles. The summed E-state index contributed by atoms with van der Waals surface area (Å²) in [5.74, 6) is 0.621. The minimum atomic E-state index is -0.882. The van der Waals surface area contributed by atoms with Gasteiger partial charge in [-0.15, -0.1) is 0 Å². The zero-order valence-electron chi connectivity index (χ0n) is 13.2. The van der Waals surface area contributed by atoms with Crippen molar-refractivity contribution in [2.45, 2.75) is 26.1 Å². The molecule has 0 spiro atoms. The van der Waals surface area contributed by atoms with Crippen molar-refractivity contribution in [1.29, 1.82) is 0 Å². The Kier molecular flexibility index (Phi) is 4.22. The number of fused-ring (bicyclic) bond motifs is 1. The smallest absolute Gasteiger partial charge is 0.125 e. The summed E-state index contributed by atoms with van der Waals surface area (Å²) in [5, 5.41) is 23.0. The SMILES string of the molecule is CC(C)Oc1ccc(C(O)c2ccc3ccccc3c2)c(O)c1. The number of benzene rings is 3. The molecule has 0 aliphatic heterocycles. The average molecular weight is 308 g/mol. The lowest BCUT2D eigenvalue weighted by Crippen LogP contribution is -2.06. The molecule has 0 aliphatic carbocycles. The molecule has 3 aromatic carbocycles. The highest BCUT2D eigenvalue weighted by Crippen LogP contribution is 2.33. The van der Waals surface area contributed by atoms with Crippen LogP contribution >= 0.6 is 0 Å². The number of aromatic hydroxyl groups is 1. The first-order valence-corrected chi connectivity index (χ1v) is 7.71. The van der Waals surface area contributed by atoms with E-state index in [4.69, 9.17) is 4.74 Å². The van der Waals surface area contributed by atoms with Gasteiger partial charge in [0.05, 0.1) is 6.10 Å². The molecule has 0 fully saturated rings. The number of phenolic OH excluding ortho intramolecular Hbond substituents is 1. The van der Waals surface area contributed by atoms with Gasteiger partial charge in [-0.1, -0.05) is 36.4 Å². The molecule has 0 heterocycles. The lowest BCUT2D eigenvalue weighted by Gasteiger charge is -2.16. The van der Waals surface area contributed by atoms with Crippen molar-refractivity contribution >= 4 is 10.8 Å². The van der Waals surface area contributed by atoms with E-state index >= 15 is 0 Å². The lowest BCUT2D eigenvalue weighted by molar-refractivity contribution is 0.214. The minimum absolute atomic E-state index is 0.0313. The maximum absolute atomic E-state index is 10.6. The summed E-state index contributed by atoms with van der Waals surface area (Å²) in [7, 11) is 0. The van der Waals surface area contributed by atoms with Crippen LogP contribution in [0.4, 0.5) is 0 Å². The Labute approximate surface area is 135 Å². The second-order valence-electron chi connectivity index (χ2n) is 5.90. The van der Waals surface area contributed by atoms with Gasteiger partial charge in [0.2, 0.25) is 0 Å². The molecule has 1 atom stereocenters. The third-order valence-corrected chi connectivity index (χ3v) is 3.76. The third-order valence-electron chi connectivity index (χ3n) is 3.76. The van der Waals surface area contributed by atoms with E-state index in [1.165, 1.54) is 0 Å². The van der Waals surface area contributed by atoms with Gasteiger partial charge in [0.25, 0.3) is 0 Å². The zero-order chi connectivity index (χ0) is 16.4. The normalized spacial score (nSPS) is 12.5. The van der Waals surface area contributed by atoms with E-state index in [2.05, 4.69) is 0 Å². The highest BCUT2D eigenvalue weighted by atomic mass is 16.5. The molecule has 3 nitrogen and oxygen atoms in total. The Morgan fingerprint density at radius 3 is 2.30 bits per heavy atom. The predicted octanol–water partition coefficient (Wildman–Crippen LogP) is 4.41. The van der Waals surface area contributed by atoms with Gasteiger partial charge in [-0.25, -0.2) is 0 Å². The molecule has 0 saturated carbocycles. The summed E-state index contributed by atoms with van der Waals surface area (Å²) < 4.78 is 5.55. The van der Waals surface area contributed by atoms with E-state index in [1.807, 2.05) is 56.3 Å². The number of ether oxygens (including phenoxy) is 1. The molecule has 0 aromatic heterocycles. The fourth-order valence-corrected chi connectivity index (χ4v) is 2.66. The second-order valence-corrected chi connectivity index (χ2v) is 5.90. The molecule has 0 bridgehead atoms. The van der Waals surface area contributed by atoms with Gasteiger partial charge in [0, 0.05) is 11.6 Å². The van der Waals surface area contributed by atoms with Crippen molar-refractivity contribution in [2.75, 3.05) is 0 Å². The molecular weight excluding hydrogens is 288 g/mol. The van der Waals surface area contributed by atoms with Crippen molar-refractivity contribution in [3.63, 3.8) is 0 Å². The predicted molar refractivity (Wildman–Crippen MR) is 91.9 cm³/mol. The van der Waals surface area contributed by atoms with Crippen molar-refractivity contribution in [2.24, 2.45) is 0 Å². The fourth-order valence-electron chi connectivity index (χ4n) is 2.66. The second kappa shape index (κ2) is 6.31. The summed E-state index contributed by atoms with van der Waals surface area (Å²) in [4.78, 5) is 0. The van der Waals surface area contributed by atoms with E-state index in [0.29, 0.717) is 11.3 Å². The van der Waals surface area contributed by atoms with Crippen LogP contribution in [0.2, 0.25) is 0 Å². The van der Waals surface area contributed by atoms with Crippen LogP contribution in [0.3, 0.4) is 0 Å². The number of hydrogen-bond acceptors (Lipinski definition) is 3. The Hall–Kier alpha value is -2.52. The van der Waals surface area contributed by atoms with Crippen molar-refractivity contribution in [1.82, 2.24) is 0 Å². The van der Waals surface area contributed by atoms with Gasteiger partial charge in [0.1, 0.15) is 17.6 Å². The highest BCUT2D eigenvalue weighted by Gasteiger charge is 2.16. The number of aliphatic hydroxyl groups is 1. The summed E-state index contributed by atoms with van der Waals surface area (Å²) >= 11 is 0. The average Bonchev–Trinajstić information content (AvgIpc) is 2.53. The molecule has 0 amide bonds. The van der Waals surface area contributed by atoms with Crippen LogP contribution in [0.25, 0.3) is 10.8 Å². The van der Waals surface area contributed by atoms with Gasteiger partial charge < -0.3 is 14.9 Å². The zero-order valence-corrected chi connectivity index (χ0v) is 13.2. The molecule has 2 N–H and O–H groups in total. The molecule has 0 radical (unpaired) electrons. The Morgan fingerprint density at radius 1 is 0.870 bits per heavy atom. The van der Waals surface area contributed by atoms with Crippen LogP contribution in [0.1, 0.15) is 31.1 Å². The van der Waals surface area contributed by atoms with Gasteiger partial charge >= 0.3 is 0 Å². The quantitative estimate of drug-likeness (QED) is 0.750. The molecule has 118 valence electrons. The maximum Gasteiger partial charge on any atom is 0.125 e. The van der Waals surface area contributed by atoms with Crippen molar-refractivity contribution < 1.29 is 14.9 Å². The number of rotatable bonds is 4. The molecule has 0 aliphatic rings. The van der Waals surface area contributed by atoms with Crippen LogP contribution < -0.4 is 4.74 Å². The topological polar surface area (TPSA) is 49.7 Å². The molecule has 23 heavy (non-hydrogen) atoms. The number of aliphatic hydroxyl groups excluding tert-OH is 1. The van der Waals surface area contributed by atoms with E-state index in [-0.39, 0.29) is 11.9 Å². The monoisotopic (exact) mass is 308 g/mol. The highest BCUT2D eigenvalue weighted by molar-refractivity contribution is 5.83. The fraction of sp³-hybridized carbons (Fsp3) is 0.200. The Morgan fingerprint density at radius 2 is 1.61 bits per heavy atom. The van der Waals surface area contributed by atoms with E-state index < -0.39 is 6.10 Å². The van der Waals surface area contributed by atoms with Crippen molar-refractivity contribution in [3.05, 3.63) is 71.8 Å². The van der Waals surface area contributed by atoms with Crippen LogP contribution in [0.5, 0.6) is 11.5 Å².